The molecule has 0 radical (unpaired) electrons. The first-order valence-electron chi connectivity index (χ1n) is 5.80. The lowest BCUT2D eigenvalue weighted by Crippen LogP contribution is -2.38. The number of β-amino-alcohol motifs (C(OH)–C–C–N with tert-alkyl or cyclic N) is 1. The highest BCUT2D eigenvalue weighted by atomic mass is 16.3. The molecule has 1 unspecified atom stereocenters. The molecule has 0 saturated heterocycles. The van der Waals surface area contributed by atoms with Gasteiger partial charge in [-0.05, 0) is 45.7 Å². The van der Waals surface area contributed by atoms with E-state index in [-0.39, 0.29) is 5.54 Å². The van der Waals surface area contributed by atoms with Gasteiger partial charge in [-0.3, -0.25) is 0 Å². The van der Waals surface area contributed by atoms with Crippen molar-refractivity contribution in [3.05, 3.63) is 34.9 Å². The van der Waals surface area contributed by atoms with E-state index in [1.807, 2.05) is 19.1 Å². The van der Waals surface area contributed by atoms with Crippen LogP contribution in [0.25, 0.3) is 0 Å². The molecule has 0 spiro atoms. The van der Waals surface area contributed by atoms with E-state index in [1.54, 1.807) is 0 Å². The summed E-state index contributed by atoms with van der Waals surface area (Å²) in [6.07, 6.45) is -0.431. The second-order valence-electron chi connectivity index (χ2n) is 5.51. The Morgan fingerprint density at radius 2 is 1.88 bits per heavy atom. The van der Waals surface area contributed by atoms with Crippen LogP contribution < -0.4 is 5.32 Å². The van der Waals surface area contributed by atoms with Crippen molar-refractivity contribution in [2.75, 3.05) is 6.54 Å². The summed E-state index contributed by atoms with van der Waals surface area (Å²) >= 11 is 0. The Bertz CT molecular complexity index is 352. The third kappa shape index (κ3) is 3.95. The predicted molar refractivity (Wildman–Crippen MR) is 68.6 cm³/mol. The van der Waals surface area contributed by atoms with Crippen molar-refractivity contribution >= 4 is 0 Å². The number of aliphatic hydroxyl groups excluding tert-OH is 1. The van der Waals surface area contributed by atoms with Gasteiger partial charge in [0.05, 0.1) is 6.10 Å². The lowest BCUT2D eigenvalue weighted by Gasteiger charge is -2.23. The maximum Gasteiger partial charge on any atom is 0.0917 e. The second-order valence-corrected chi connectivity index (χ2v) is 5.51. The molecule has 2 N–H and O–H groups in total. The van der Waals surface area contributed by atoms with Crippen LogP contribution in [0.2, 0.25) is 0 Å². The van der Waals surface area contributed by atoms with Crippen molar-refractivity contribution in [2.45, 2.75) is 46.3 Å². The summed E-state index contributed by atoms with van der Waals surface area (Å²) < 4.78 is 0. The molecule has 16 heavy (non-hydrogen) atoms. The van der Waals surface area contributed by atoms with E-state index in [0.29, 0.717) is 6.54 Å². The van der Waals surface area contributed by atoms with E-state index in [1.165, 1.54) is 5.56 Å². The molecule has 0 aliphatic carbocycles. The second kappa shape index (κ2) is 4.98. The summed E-state index contributed by atoms with van der Waals surface area (Å²) in [7, 11) is 0. The molecule has 0 bridgehead atoms. The fourth-order valence-electron chi connectivity index (χ4n) is 1.71. The summed E-state index contributed by atoms with van der Waals surface area (Å²) in [4.78, 5) is 0. The van der Waals surface area contributed by atoms with Crippen LogP contribution >= 0.6 is 0 Å². The van der Waals surface area contributed by atoms with Gasteiger partial charge < -0.3 is 10.4 Å². The smallest absolute Gasteiger partial charge is 0.0917 e. The highest BCUT2D eigenvalue weighted by Gasteiger charge is 2.14. The standard InChI is InChI=1S/C14H23NO/c1-10-6-7-12(11(2)8-10)13(16)9-15-14(3,4)5/h6-8,13,15-16H,9H2,1-5H3. The lowest BCUT2D eigenvalue weighted by molar-refractivity contribution is 0.162. The third-order valence-corrected chi connectivity index (χ3v) is 2.61. The van der Waals surface area contributed by atoms with Gasteiger partial charge in [-0.2, -0.15) is 0 Å². The van der Waals surface area contributed by atoms with E-state index in [0.717, 1.165) is 11.1 Å². The van der Waals surface area contributed by atoms with Gasteiger partial charge in [0.2, 0.25) is 0 Å². The first-order valence-corrected chi connectivity index (χ1v) is 5.80. The molecule has 0 aromatic heterocycles. The van der Waals surface area contributed by atoms with Crippen LogP contribution in [-0.4, -0.2) is 17.2 Å². The van der Waals surface area contributed by atoms with E-state index in [2.05, 4.69) is 39.1 Å². The first-order chi connectivity index (χ1) is 7.29. The summed E-state index contributed by atoms with van der Waals surface area (Å²) in [5.74, 6) is 0. The molecule has 0 heterocycles. The van der Waals surface area contributed by atoms with Gasteiger partial charge >= 0.3 is 0 Å². The third-order valence-electron chi connectivity index (χ3n) is 2.61. The van der Waals surface area contributed by atoms with Crippen LogP contribution in [0.1, 0.15) is 43.6 Å². The Morgan fingerprint density at radius 1 is 1.25 bits per heavy atom. The average Bonchev–Trinajstić information content (AvgIpc) is 2.13. The van der Waals surface area contributed by atoms with Gasteiger partial charge in [-0.15, -0.1) is 0 Å². The molecule has 1 atom stereocenters. The molecule has 2 heteroatoms. The van der Waals surface area contributed by atoms with E-state index >= 15 is 0 Å². The van der Waals surface area contributed by atoms with Crippen molar-refractivity contribution in [1.29, 1.82) is 0 Å². The molecular formula is C14H23NO. The van der Waals surface area contributed by atoms with Crippen LogP contribution in [0, 0.1) is 13.8 Å². The molecule has 2 nitrogen and oxygen atoms in total. The molecule has 0 fully saturated rings. The molecule has 1 aromatic rings. The molecule has 1 aromatic carbocycles. The van der Waals surface area contributed by atoms with E-state index in [4.69, 9.17) is 0 Å². The maximum atomic E-state index is 10.1. The molecule has 1 rings (SSSR count). The van der Waals surface area contributed by atoms with Gasteiger partial charge in [0, 0.05) is 12.1 Å². The molecule has 0 aliphatic rings. The Hall–Kier alpha value is -0.860. The maximum absolute atomic E-state index is 10.1. The fraction of sp³-hybridized carbons (Fsp3) is 0.571. The number of benzene rings is 1. The summed E-state index contributed by atoms with van der Waals surface area (Å²) in [5.41, 5.74) is 3.45. The molecule has 90 valence electrons. The summed E-state index contributed by atoms with van der Waals surface area (Å²) in [6, 6.07) is 6.16. The average molecular weight is 221 g/mol. The fourth-order valence-corrected chi connectivity index (χ4v) is 1.71. The van der Waals surface area contributed by atoms with Crippen molar-refractivity contribution in [2.24, 2.45) is 0 Å². The number of aryl methyl sites for hydroxylation is 2. The zero-order chi connectivity index (χ0) is 12.3. The number of hydrogen-bond donors (Lipinski definition) is 2. The van der Waals surface area contributed by atoms with Gasteiger partial charge in [0.1, 0.15) is 0 Å². The minimum Gasteiger partial charge on any atom is -0.387 e. The summed E-state index contributed by atoms with van der Waals surface area (Å²) in [6.45, 7) is 11.0. The van der Waals surface area contributed by atoms with Crippen molar-refractivity contribution in [3.8, 4) is 0 Å². The molecule has 0 amide bonds. The normalized spacial score (nSPS) is 13.9. The van der Waals surface area contributed by atoms with Gasteiger partial charge in [0.15, 0.2) is 0 Å². The predicted octanol–water partition coefficient (Wildman–Crippen LogP) is 2.72. The highest BCUT2D eigenvalue weighted by Crippen LogP contribution is 2.18. The van der Waals surface area contributed by atoms with Crippen molar-refractivity contribution in [3.63, 3.8) is 0 Å². The number of aliphatic hydroxyl groups is 1. The number of nitrogens with one attached hydrogen (secondary N) is 1. The van der Waals surface area contributed by atoms with Crippen LogP contribution in [0.4, 0.5) is 0 Å². The largest absolute Gasteiger partial charge is 0.387 e. The Kier molecular flexibility index (Phi) is 4.11. The monoisotopic (exact) mass is 221 g/mol. The Labute approximate surface area is 98.7 Å². The van der Waals surface area contributed by atoms with Crippen molar-refractivity contribution in [1.82, 2.24) is 5.32 Å². The quantitative estimate of drug-likeness (QED) is 0.822. The minimum absolute atomic E-state index is 0.0413. The molecule has 0 aliphatic heterocycles. The van der Waals surface area contributed by atoms with Crippen LogP contribution in [0.15, 0.2) is 18.2 Å². The Morgan fingerprint density at radius 3 is 2.38 bits per heavy atom. The number of hydrogen-bond acceptors (Lipinski definition) is 2. The first kappa shape index (κ1) is 13.2. The van der Waals surface area contributed by atoms with Gasteiger partial charge in [-0.25, -0.2) is 0 Å². The SMILES string of the molecule is Cc1ccc(C(O)CNC(C)(C)C)c(C)c1. The summed E-state index contributed by atoms with van der Waals surface area (Å²) in [5, 5.41) is 13.4. The Balaban J connectivity index is 2.70. The minimum atomic E-state index is -0.431. The zero-order valence-corrected chi connectivity index (χ0v) is 11.0. The van der Waals surface area contributed by atoms with E-state index < -0.39 is 6.10 Å². The van der Waals surface area contributed by atoms with Gasteiger partial charge in [0.25, 0.3) is 0 Å². The highest BCUT2D eigenvalue weighted by molar-refractivity contribution is 5.32. The van der Waals surface area contributed by atoms with Crippen molar-refractivity contribution < 1.29 is 5.11 Å². The van der Waals surface area contributed by atoms with Crippen LogP contribution in [0.5, 0.6) is 0 Å². The topological polar surface area (TPSA) is 32.3 Å². The van der Waals surface area contributed by atoms with Crippen LogP contribution in [-0.2, 0) is 0 Å². The van der Waals surface area contributed by atoms with Gasteiger partial charge in [-0.1, -0.05) is 23.8 Å². The lowest BCUT2D eigenvalue weighted by atomic mass is 10.00. The zero-order valence-electron chi connectivity index (χ0n) is 11.0. The molecular weight excluding hydrogens is 198 g/mol. The number of rotatable bonds is 3. The van der Waals surface area contributed by atoms with E-state index in [9.17, 15) is 5.11 Å². The van der Waals surface area contributed by atoms with Crippen LogP contribution in [0.3, 0.4) is 0 Å². The molecule has 0 saturated carbocycles.